The van der Waals surface area contributed by atoms with E-state index in [4.69, 9.17) is 4.74 Å². The summed E-state index contributed by atoms with van der Waals surface area (Å²) in [6.45, 7) is 5.06. The highest BCUT2D eigenvalue weighted by atomic mass is 16.5. The van der Waals surface area contributed by atoms with E-state index in [1.165, 1.54) is 5.56 Å². The predicted molar refractivity (Wildman–Crippen MR) is 89.2 cm³/mol. The molecule has 1 amide bonds. The molecule has 0 saturated heterocycles. The highest BCUT2D eigenvalue weighted by molar-refractivity contribution is 6.52. The van der Waals surface area contributed by atoms with Crippen LogP contribution in [0, 0.1) is 13.8 Å². The van der Waals surface area contributed by atoms with E-state index in [1.54, 1.807) is 17.0 Å². The number of carbonyl (C=O) groups is 2. The number of hydrogen-bond donors (Lipinski definition) is 0. The van der Waals surface area contributed by atoms with Gasteiger partial charge in [-0.25, -0.2) is 0 Å². The predicted octanol–water partition coefficient (Wildman–Crippen LogP) is 3.30. The number of anilines is 1. The molecule has 3 rings (SSSR count). The summed E-state index contributed by atoms with van der Waals surface area (Å²) in [5, 5.41) is 0. The van der Waals surface area contributed by atoms with Crippen LogP contribution in [0.5, 0.6) is 5.75 Å². The fourth-order valence-corrected chi connectivity index (χ4v) is 2.76. The maximum absolute atomic E-state index is 12.1. The highest BCUT2D eigenvalue weighted by Gasteiger charge is 2.34. The van der Waals surface area contributed by atoms with Crippen LogP contribution in [0.3, 0.4) is 0 Å². The Morgan fingerprint density at radius 2 is 1.78 bits per heavy atom. The second-order valence-corrected chi connectivity index (χ2v) is 5.70. The third kappa shape index (κ3) is 2.84. The van der Waals surface area contributed by atoms with E-state index in [1.807, 2.05) is 44.2 Å². The average Bonchev–Trinajstić information content (AvgIpc) is 2.80. The molecular weight excluding hydrogens is 290 g/mol. The van der Waals surface area contributed by atoms with Crippen molar-refractivity contribution >= 4 is 17.4 Å². The topological polar surface area (TPSA) is 46.6 Å². The fraction of sp³-hybridized carbons (Fsp3) is 0.263. The molecule has 118 valence electrons. The number of aryl methyl sites for hydroxylation is 1. The van der Waals surface area contributed by atoms with Crippen molar-refractivity contribution in [2.24, 2.45) is 0 Å². The van der Waals surface area contributed by atoms with Crippen LogP contribution in [0.15, 0.2) is 42.5 Å². The van der Waals surface area contributed by atoms with Crippen LogP contribution in [-0.2, 0) is 4.79 Å². The Hall–Kier alpha value is -2.62. The summed E-state index contributed by atoms with van der Waals surface area (Å²) in [5.74, 6) is 0.00297. The molecule has 0 spiro atoms. The molecule has 2 aromatic rings. The maximum atomic E-state index is 12.1. The minimum Gasteiger partial charge on any atom is -0.493 e. The Kier molecular flexibility index (Phi) is 4.15. The van der Waals surface area contributed by atoms with E-state index in [9.17, 15) is 9.59 Å². The van der Waals surface area contributed by atoms with Crippen LogP contribution in [0.25, 0.3) is 0 Å². The van der Waals surface area contributed by atoms with E-state index >= 15 is 0 Å². The number of benzene rings is 2. The number of nitrogens with zero attached hydrogens (tertiary/aromatic N) is 1. The van der Waals surface area contributed by atoms with Gasteiger partial charge >= 0.3 is 0 Å². The Bertz CT molecular complexity index is 767. The van der Waals surface area contributed by atoms with Crippen LogP contribution in [0.1, 0.15) is 27.9 Å². The molecular formula is C19H19NO3. The van der Waals surface area contributed by atoms with Crippen LogP contribution < -0.4 is 9.64 Å². The zero-order chi connectivity index (χ0) is 16.4. The first kappa shape index (κ1) is 15.3. The number of hydrogen-bond acceptors (Lipinski definition) is 3. The number of ether oxygens (including phenoxy) is 1. The molecule has 4 nitrogen and oxygen atoms in total. The fourth-order valence-electron chi connectivity index (χ4n) is 2.76. The first-order valence-electron chi connectivity index (χ1n) is 7.74. The van der Waals surface area contributed by atoms with Crippen LogP contribution in [0.2, 0.25) is 0 Å². The monoisotopic (exact) mass is 309 g/mol. The van der Waals surface area contributed by atoms with Gasteiger partial charge in [0.05, 0.1) is 17.9 Å². The van der Waals surface area contributed by atoms with Gasteiger partial charge in [0.1, 0.15) is 5.75 Å². The summed E-state index contributed by atoms with van der Waals surface area (Å²) in [6.07, 6.45) is 0.667. The minimum atomic E-state index is -0.446. The van der Waals surface area contributed by atoms with Crippen molar-refractivity contribution in [1.29, 1.82) is 0 Å². The lowest BCUT2D eigenvalue weighted by Gasteiger charge is -2.17. The minimum absolute atomic E-state index is 0.420. The van der Waals surface area contributed by atoms with Gasteiger partial charge in [-0.3, -0.25) is 9.59 Å². The molecule has 1 heterocycles. The van der Waals surface area contributed by atoms with E-state index in [0.717, 1.165) is 11.3 Å². The van der Waals surface area contributed by atoms with Gasteiger partial charge in [-0.2, -0.15) is 0 Å². The van der Waals surface area contributed by atoms with E-state index < -0.39 is 11.7 Å². The Balaban J connectivity index is 1.60. The van der Waals surface area contributed by atoms with Crippen molar-refractivity contribution in [2.75, 3.05) is 18.1 Å². The van der Waals surface area contributed by atoms with Gasteiger partial charge in [0.2, 0.25) is 0 Å². The molecule has 23 heavy (non-hydrogen) atoms. The summed E-state index contributed by atoms with van der Waals surface area (Å²) in [6, 6.07) is 13.1. The van der Waals surface area contributed by atoms with Gasteiger partial charge in [0.25, 0.3) is 11.7 Å². The van der Waals surface area contributed by atoms with E-state index in [0.29, 0.717) is 30.8 Å². The van der Waals surface area contributed by atoms with E-state index in [-0.39, 0.29) is 0 Å². The molecule has 0 N–H and O–H groups in total. The van der Waals surface area contributed by atoms with Crippen molar-refractivity contribution < 1.29 is 14.3 Å². The molecule has 0 bridgehead atoms. The lowest BCUT2D eigenvalue weighted by molar-refractivity contribution is -0.114. The van der Waals surface area contributed by atoms with E-state index in [2.05, 4.69) is 0 Å². The SMILES string of the molecule is Cc1cccc(OCCCN2C(=O)C(=O)c3ccccc32)c1C. The van der Waals surface area contributed by atoms with Gasteiger partial charge in [-0.05, 0) is 49.6 Å². The van der Waals surface area contributed by atoms with Crippen molar-refractivity contribution in [3.8, 4) is 5.75 Å². The number of carbonyl (C=O) groups excluding carboxylic acids is 2. The van der Waals surface area contributed by atoms with Crippen LogP contribution in [-0.4, -0.2) is 24.8 Å². The molecule has 0 saturated carbocycles. The number of Topliss-reactive ketones (excluding diaryl/α,β-unsaturated/α-hetero) is 1. The normalized spacial score (nSPS) is 13.4. The third-order valence-corrected chi connectivity index (χ3v) is 4.22. The smallest absolute Gasteiger partial charge is 0.299 e. The van der Waals surface area contributed by atoms with Crippen molar-refractivity contribution in [3.05, 3.63) is 59.2 Å². The van der Waals surface area contributed by atoms with Gasteiger partial charge in [0.15, 0.2) is 0 Å². The quantitative estimate of drug-likeness (QED) is 0.629. The average molecular weight is 309 g/mol. The molecule has 2 aromatic carbocycles. The molecule has 0 fully saturated rings. The summed E-state index contributed by atoms with van der Waals surface area (Å²) in [4.78, 5) is 25.5. The Labute approximate surface area is 135 Å². The molecule has 0 unspecified atom stereocenters. The third-order valence-electron chi connectivity index (χ3n) is 4.22. The number of rotatable bonds is 5. The lowest BCUT2D eigenvalue weighted by Crippen LogP contribution is -2.31. The molecule has 0 aromatic heterocycles. The molecule has 0 aliphatic carbocycles. The van der Waals surface area contributed by atoms with Gasteiger partial charge in [-0.1, -0.05) is 24.3 Å². The van der Waals surface area contributed by atoms with Crippen LogP contribution >= 0.6 is 0 Å². The van der Waals surface area contributed by atoms with Gasteiger partial charge in [-0.15, -0.1) is 0 Å². The first-order valence-corrected chi connectivity index (χ1v) is 7.74. The molecule has 1 aliphatic heterocycles. The van der Waals surface area contributed by atoms with Crippen molar-refractivity contribution in [1.82, 2.24) is 0 Å². The molecule has 1 aliphatic rings. The summed E-state index contributed by atoms with van der Waals surface area (Å²) < 4.78 is 5.80. The zero-order valence-electron chi connectivity index (χ0n) is 13.3. The number of ketones is 1. The molecule has 4 heteroatoms. The van der Waals surface area contributed by atoms with Gasteiger partial charge < -0.3 is 9.64 Å². The highest BCUT2D eigenvalue weighted by Crippen LogP contribution is 2.28. The van der Waals surface area contributed by atoms with Crippen molar-refractivity contribution in [3.63, 3.8) is 0 Å². The summed E-state index contributed by atoms with van der Waals surface area (Å²) >= 11 is 0. The Morgan fingerprint density at radius 3 is 2.61 bits per heavy atom. The number of amides is 1. The second-order valence-electron chi connectivity index (χ2n) is 5.70. The second kappa shape index (κ2) is 6.24. The Morgan fingerprint density at radius 1 is 1.00 bits per heavy atom. The number of para-hydroxylation sites is 1. The summed E-state index contributed by atoms with van der Waals surface area (Å²) in [5.41, 5.74) is 3.52. The number of fused-ring (bicyclic) bond motifs is 1. The van der Waals surface area contributed by atoms with Gasteiger partial charge in [0, 0.05) is 6.54 Å². The maximum Gasteiger partial charge on any atom is 0.299 e. The molecule has 0 radical (unpaired) electrons. The van der Waals surface area contributed by atoms with Crippen molar-refractivity contribution in [2.45, 2.75) is 20.3 Å². The molecule has 0 atom stereocenters. The lowest BCUT2D eigenvalue weighted by atomic mass is 10.1. The van der Waals surface area contributed by atoms with Crippen LogP contribution in [0.4, 0.5) is 5.69 Å². The first-order chi connectivity index (χ1) is 11.1. The standard InChI is InChI=1S/C19H19NO3/c1-13-7-5-10-17(14(13)2)23-12-6-11-20-16-9-4-3-8-15(16)18(21)19(20)22/h3-5,7-10H,6,11-12H2,1-2H3. The summed E-state index contributed by atoms with van der Waals surface area (Å²) in [7, 11) is 0. The largest absolute Gasteiger partial charge is 0.493 e. The zero-order valence-corrected chi connectivity index (χ0v) is 13.3.